The Morgan fingerprint density at radius 2 is 1.91 bits per heavy atom. The van der Waals surface area contributed by atoms with Crippen LogP contribution in [0.3, 0.4) is 0 Å². The second kappa shape index (κ2) is 7.65. The highest BCUT2D eigenvalue weighted by Crippen LogP contribution is 2.30. The number of ether oxygens (including phenoxy) is 2. The van der Waals surface area contributed by atoms with Gasteiger partial charge in [0.15, 0.2) is 17.6 Å². The van der Waals surface area contributed by atoms with Crippen LogP contribution in [-0.2, 0) is 11.2 Å². The highest BCUT2D eigenvalue weighted by molar-refractivity contribution is 5.74. The molecule has 0 saturated carbocycles. The van der Waals surface area contributed by atoms with Gasteiger partial charge in [-0.2, -0.15) is 0 Å². The maximum Gasteiger partial charge on any atom is 0.337 e. The summed E-state index contributed by atoms with van der Waals surface area (Å²) >= 11 is 0. The topological polar surface area (TPSA) is 76.0 Å². The van der Waals surface area contributed by atoms with E-state index in [0.717, 1.165) is 11.1 Å². The summed E-state index contributed by atoms with van der Waals surface area (Å²) in [5.41, 5.74) is 2.09. The van der Waals surface area contributed by atoms with Crippen molar-refractivity contribution < 1.29 is 24.5 Å². The first-order chi connectivity index (χ1) is 11.1. The Labute approximate surface area is 135 Å². The molecule has 122 valence electrons. The summed E-state index contributed by atoms with van der Waals surface area (Å²) in [5.74, 6) is 0.0277. The van der Waals surface area contributed by atoms with Gasteiger partial charge in [-0.05, 0) is 42.2 Å². The molecule has 0 heterocycles. The van der Waals surface area contributed by atoms with E-state index in [2.05, 4.69) is 0 Å². The lowest BCUT2D eigenvalue weighted by molar-refractivity contribution is -0.147. The molecule has 0 saturated heterocycles. The zero-order valence-electron chi connectivity index (χ0n) is 13.2. The number of carboxylic acids is 1. The van der Waals surface area contributed by atoms with Crippen molar-refractivity contribution in [3.63, 3.8) is 0 Å². The van der Waals surface area contributed by atoms with Gasteiger partial charge in [0.25, 0.3) is 0 Å². The van der Waals surface area contributed by atoms with Crippen molar-refractivity contribution in [3.8, 4) is 11.5 Å². The third kappa shape index (κ3) is 4.02. The van der Waals surface area contributed by atoms with E-state index in [1.54, 1.807) is 19.2 Å². The number of aliphatic hydroxyl groups excluding tert-OH is 1. The highest BCUT2D eigenvalue weighted by Gasteiger charge is 2.19. The maximum atomic E-state index is 11.0. The van der Waals surface area contributed by atoms with Crippen LogP contribution < -0.4 is 9.47 Å². The first kappa shape index (κ1) is 16.8. The van der Waals surface area contributed by atoms with Crippen molar-refractivity contribution in [2.75, 3.05) is 13.7 Å². The van der Waals surface area contributed by atoms with Gasteiger partial charge in [0.2, 0.25) is 0 Å². The van der Waals surface area contributed by atoms with Gasteiger partial charge in [-0.25, -0.2) is 4.79 Å². The lowest BCUT2D eigenvalue weighted by atomic mass is 9.96. The molecule has 2 aromatic rings. The first-order valence-electron chi connectivity index (χ1n) is 7.35. The molecule has 0 bridgehead atoms. The Bertz CT molecular complexity index is 681. The van der Waals surface area contributed by atoms with E-state index in [4.69, 9.17) is 14.6 Å². The third-order valence-electron chi connectivity index (χ3n) is 3.51. The first-order valence-corrected chi connectivity index (χ1v) is 7.35. The number of hydrogen-bond acceptors (Lipinski definition) is 4. The fourth-order valence-electron chi connectivity index (χ4n) is 2.41. The van der Waals surface area contributed by atoms with Crippen LogP contribution in [0.2, 0.25) is 0 Å². The van der Waals surface area contributed by atoms with Crippen LogP contribution in [0.15, 0.2) is 42.5 Å². The van der Waals surface area contributed by atoms with Gasteiger partial charge in [-0.3, -0.25) is 0 Å². The molecule has 0 aliphatic heterocycles. The van der Waals surface area contributed by atoms with E-state index in [9.17, 15) is 9.90 Å². The molecule has 0 aliphatic rings. The fraction of sp³-hybridized carbons (Fsp3) is 0.278. The quantitative estimate of drug-likeness (QED) is 0.821. The molecule has 0 aliphatic carbocycles. The number of methoxy groups -OCH3 is 1. The van der Waals surface area contributed by atoms with E-state index in [-0.39, 0.29) is 0 Å². The van der Waals surface area contributed by atoms with Crippen LogP contribution in [-0.4, -0.2) is 29.9 Å². The largest absolute Gasteiger partial charge is 0.493 e. The molecule has 2 N–H and O–H groups in total. The molecule has 0 fully saturated rings. The summed E-state index contributed by atoms with van der Waals surface area (Å²) in [4.78, 5) is 11.0. The summed E-state index contributed by atoms with van der Waals surface area (Å²) in [6.07, 6.45) is -1.04. The second-order valence-electron chi connectivity index (χ2n) is 5.03. The molecular weight excluding hydrogens is 296 g/mol. The average molecular weight is 316 g/mol. The Hall–Kier alpha value is -2.53. The van der Waals surface area contributed by atoms with Gasteiger partial charge in [-0.15, -0.1) is 0 Å². The van der Waals surface area contributed by atoms with Crippen molar-refractivity contribution >= 4 is 5.97 Å². The molecule has 5 heteroatoms. The third-order valence-corrected chi connectivity index (χ3v) is 3.51. The molecule has 23 heavy (non-hydrogen) atoms. The van der Waals surface area contributed by atoms with Crippen molar-refractivity contribution in [3.05, 3.63) is 59.2 Å². The monoisotopic (exact) mass is 316 g/mol. The van der Waals surface area contributed by atoms with Crippen molar-refractivity contribution in [2.24, 2.45) is 0 Å². The molecule has 0 aromatic heterocycles. The summed E-state index contributed by atoms with van der Waals surface area (Å²) in [6, 6.07) is 12.5. The van der Waals surface area contributed by atoms with E-state index in [0.29, 0.717) is 30.1 Å². The lowest BCUT2D eigenvalue weighted by Gasteiger charge is -2.14. The Morgan fingerprint density at radius 3 is 2.57 bits per heavy atom. The molecule has 2 aromatic carbocycles. The molecule has 5 nitrogen and oxygen atoms in total. The normalized spacial score (nSPS) is 11.8. The molecule has 1 unspecified atom stereocenters. The molecular formula is C18H20O5. The highest BCUT2D eigenvalue weighted by atomic mass is 16.5. The van der Waals surface area contributed by atoms with Gasteiger partial charge in [0.05, 0.1) is 13.7 Å². The smallest absolute Gasteiger partial charge is 0.337 e. The number of rotatable bonds is 7. The molecule has 0 radical (unpaired) electrons. The summed E-state index contributed by atoms with van der Waals surface area (Å²) in [5, 5.41) is 18.8. The van der Waals surface area contributed by atoms with E-state index in [1.807, 2.05) is 37.3 Å². The van der Waals surface area contributed by atoms with Gasteiger partial charge < -0.3 is 19.7 Å². The Balaban J connectivity index is 2.31. The number of aliphatic carboxylic acids is 1. The number of hydrogen-bond donors (Lipinski definition) is 2. The van der Waals surface area contributed by atoms with Crippen molar-refractivity contribution in [1.82, 2.24) is 0 Å². The maximum absolute atomic E-state index is 11.0. The summed E-state index contributed by atoms with van der Waals surface area (Å²) < 4.78 is 10.8. The Kier molecular flexibility index (Phi) is 5.60. The van der Waals surface area contributed by atoms with Gasteiger partial charge >= 0.3 is 5.97 Å². The average Bonchev–Trinajstić information content (AvgIpc) is 2.56. The Morgan fingerprint density at radius 1 is 1.17 bits per heavy atom. The zero-order valence-corrected chi connectivity index (χ0v) is 13.2. The number of carbonyl (C=O) groups is 1. The minimum Gasteiger partial charge on any atom is -0.493 e. The van der Waals surface area contributed by atoms with Gasteiger partial charge in [0.1, 0.15) is 0 Å². The number of aliphatic hydroxyl groups is 1. The standard InChI is InChI=1S/C18H20O5/c1-3-23-15-9-8-12(11-16(15)22-2)10-13-6-4-5-7-14(13)17(19)18(20)21/h4-9,11,17,19H,3,10H2,1-2H3,(H,20,21). The molecule has 0 spiro atoms. The minimum atomic E-state index is -1.53. The van der Waals surface area contributed by atoms with Crippen LogP contribution >= 0.6 is 0 Å². The summed E-state index contributed by atoms with van der Waals surface area (Å²) in [7, 11) is 1.57. The van der Waals surface area contributed by atoms with Crippen molar-refractivity contribution in [2.45, 2.75) is 19.4 Å². The molecule has 2 rings (SSSR count). The van der Waals surface area contributed by atoms with Crippen LogP contribution in [0.4, 0.5) is 0 Å². The molecule has 0 amide bonds. The van der Waals surface area contributed by atoms with Crippen LogP contribution in [0.25, 0.3) is 0 Å². The number of carboxylic acid groups (broad SMARTS) is 1. The minimum absolute atomic E-state index is 0.396. The SMILES string of the molecule is CCOc1ccc(Cc2ccccc2C(O)C(=O)O)cc1OC. The van der Waals surface area contributed by atoms with Gasteiger partial charge in [-0.1, -0.05) is 30.3 Å². The van der Waals surface area contributed by atoms with E-state index in [1.165, 1.54) is 0 Å². The van der Waals surface area contributed by atoms with Gasteiger partial charge in [0, 0.05) is 0 Å². The van der Waals surface area contributed by atoms with Crippen LogP contribution in [0, 0.1) is 0 Å². The fourth-order valence-corrected chi connectivity index (χ4v) is 2.41. The summed E-state index contributed by atoms with van der Waals surface area (Å²) in [6.45, 7) is 2.44. The zero-order chi connectivity index (χ0) is 16.8. The van der Waals surface area contributed by atoms with Crippen LogP contribution in [0.5, 0.6) is 11.5 Å². The second-order valence-corrected chi connectivity index (χ2v) is 5.03. The van der Waals surface area contributed by atoms with E-state index >= 15 is 0 Å². The van der Waals surface area contributed by atoms with Crippen molar-refractivity contribution in [1.29, 1.82) is 0 Å². The predicted molar refractivity (Wildman–Crippen MR) is 86.0 cm³/mol. The van der Waals surface area contributed by atoms with Crippen LogP contribution in [0.1, 0.15) is 29.7 Å². The number of benzene rings is 2. The lowest BCUT2D eigenvalue weighted by Crippen LogP contribution is -2.12. The molecule has 1 atom stereocenters. The predicted octanol–water partition coefficient (Wildman–Crippen LogP) is 2.80. The van der Waals surface area contributed by atoms with E-state index < -0.39 is 12.1 Å².